The Morgan fingerprint density at radius 1 is 1.25 bits per heavy atom. The summed E-state index contributed by atoms with van der Waals surface area (Å²) < 4.78 is 5.27. The highest BCUT2D eigenvalue weighted by molar-refractivity contribution is 9.10. The van der Waals surface area contributed by atoms with E-state index >= 15 is 0 Å². The maximum atomic E-state index is 4.33. The van der Waals surface area contributed by atoms with Crippen LogP contribution in [0.5, 0.6) is 0 Å². The van der Waals surface area contributed by atoms with Crippen LogP contribution in [0.15, 0.2) is 28.7 Å². The third-order valence-corrected chi connectivity index (χ3v) is 4.61. The Kier molecular flexibility index (Phi) is 4.94. The molecule has 0 saturated carbocycles. The van der Waals surface area contributed by atoms with E-state index in [4.69, 9.17) is 0 Å². The maximum absolute atomic E-state index is 4.33. The van der Waals surface area contributed by atoms with Gasteiger partial charge in [0.25, 0.3) is 0 Å². The highest BCUT2D eigenvalue weighted by Crippen LogP contribution is 2.31. The van der Waals surface area contributed by atoms with Crippen molar-refractivity contribution in [3.63, 3.8) is 0 Å². The highest BCUT2D eigenvalue weighted by atomic mass is 79.9. The van der Waals surface area contributed by atoms with Crippen LogP contribution >= 0.6 is 27.5 Å². The van der Waals surface area contributed by atoms with Gasteiger partial charge in [-0.3, -0.25) is 0 Å². The number of rotatable bonds is 4. The molecule has 1 heterocycles. The number of hydrogen-bond acceptors (Lipinski definition) is 4. The van der Waals surface area contributed by atoms with Crippen molar-refractivity contribution in [2.24, 2.45) is 0 Å². The molecule has 0 aliphatic carbocycles. The predicted molar refractivity (Wildman–Crippen MR) is 88.3 cm³/mol. The molecule has 2 rings (SSSR count). The number of hydrogen-bond donors (Lipinski definition) is 1. The van der Waals surface area contributed by atoms with E-state index in [0.717, 1.165) is 16.6 Å². The molecule has 5 heteroatoms. The zero-order valence-corrected chi connectivity index (χ0v) is 14.7. The van der Waals surface area contributed by atoms with Crippen molar-refractivity contribution in [2.45, 2.75) is 38.6 Å². The first kappa shape index (κ1) is 15.6. The fourth-order valence-corrected chi connectivity index (χ4v) is 3.36. The minimum absolute atomic E-state index is 0.0249. The van der Waals surface area contributed by atoms with E-state index in [2.05, 4.69) is 75.9 Å². The van der Waals surface area contributed by atoms with E-state index < -0.39 is 0 Å². The molecule has 2 aromatic rings. The van der Waals surface area contributed by atoms with Crippen molar-refractivity contribution < 1.29 is 0 Å². The normalized spacial score (nSPS) is 13.4. The Labute approximate surface area is 133 Å². The fraction of sp³-hybridized carbons (Fsp3) is 0.467. The number of nitrogens with one attached hydrogen (secondary N) is 1. The summed E-state index contributed by atoms with van der Waals surface area (Å²) in [6, 6.07) is 8.72. The third-order valence-electron chi connectivity index (χ3n) is 3.24. The van der Waals surface area contributed by atoms with Gasteiger partial charge in [-0.2, -0.15) is 0 Å². The lowest BCUT2D eigenvalue weighted by Crippen LogP contribution is -2.23. The van der Waals surface area contributed by atoms with Gasteiger partial charge >= 0.3 is 0 Å². The summed E-state index contributed by atoms with van der Waals surface area (Å²) in [6.45, 7) is 6.54. The molecular weight excluding hydrogens is 334 g/mol. The van der Waals surface area contributed by atoms with Crippen molar-refractivity contribution in [1.29, 1.82) is 0 Å². The standard InChI is InChI=1S/C15H20BrN3S/c1-15(2,3)14-13(20-19-18-14)12(17-4)9-10-5-7-11(16)8-6-10/h5-8,12,17H,9H2,1-4H3. The van der Waals surface area contributed by atoms with Crippen LogP contribution in [0.25, 0.3) is 0 Å². The van der Waals surface area contributed by atoms with E-state index in [-0.39, 0.29) is 11.5 Å². The van der Waals surface area contributed by atoms with Gasteiger partial charge in [-0.25, -0.2) is 0 Å². The first-order valence-electron chi connectivity index (χ1n) is 6.66. The molecule has 0 aliphatic rings. The second-order valence-electron chi connectivity index (χ2n) is 5.91. The Balaban J connectivity index is 2.25. The SMILES string of the molecule is CNC(Cc1ccc(Br)cc1)c1snnc1C(C)(C)C. The monoisotopic (exact) mass is 353 g/mol. The lowest BCUT2D eigenvalue weighted by Gasteiger charge is -2.21. The Bertz CT molecular complexity index is 557. The zero-order chi connectivity index (χ0) is 14.8. The molecule has 0 aliphatic heterocycles. The number of nitrogens with zero attached hydrogens (tertiary/aromatic N) is 2. The van der Waals surface area contributed by atoms with Crippen LogP contribution in [0.3, 0.4) is 0 Å². The van der Waals surface area contributed by atoms with E-state index in [1.807, 2.05) is 7.05 Å². The quantitative estimate of drug-likeness (QED) is 0.898. The average Bonchev–Trinajstić information content (AvgIpc) is 2.87. The zero-order valence-electron chi connectivity index (χ0n) is 12.3. The topological polar surface area (TPSA) is 37.8 Å². The second kappa shape index (κ2) is 6.33. The minimum Gasteiger partial charge on any atom is -0.312 e. The highest BCUT2D eigenvalue weighted by Gasteiger charge is 2.26. The molecule has 1 atom stereocenters. The number of halogens is 1. The molecule has 0 saturated heterocycles. The summed E-state index contributed by atoms with van der Waals surface area (Å²) in [6.07, 6.45) is 0.941. The molecule has 0 radical (unpaired) electrons. The van der Waals surface area contributed by atoms with Crippen LogP contribution in [0.4, 0.5) is 0 Å². The molecule has 1 aromatic heterocycles. The molecule has 1 aromatic carbocycles. The summed E-state index contributed by atoms with van der Waals surface area (Å²) in [5, 5.41) is 7.73. The fourth-order valence-electron chi connectivity index (χ4n) is 2.13. The van der Waals surface area contributed by atoms with Crippen molar-refractivity contribution in [2.75, 3.05) is 7.05 Å². The van der Waals surface area contributed by atoms with Gasteiger partial charge in [0.2, 0.25) is 0 Å². The van der Waals surface area contributed by atoms with Gasteiger partial charge in [-0.15, -0.1) is 5.10 Å². The number of likely N-dealkylation sites (N-methyl/N-ethyl adjacent to an activating group) is 1. The van der Waals surface area contributed by atoms with Crippen molar-refractivity contribution in [3.05, 3.63) is 44.9 Å². The molecule has 1 unspecified atom stereocenters. The summed E-state index contributed by atoms with van der Waals surface area (Å²) in [5.41, 5.74) is 2.43. The summed E-state index contributed by atoms with van der Waals surface area (Å²) in [4.78, 5) is 1.24. The molecule has 3 nitrogen and oxygen atoms in total. The lowest BCUT2D eigenvalue weighted by molar-refractivity contribution is 0.530. The summed E-state index contributed by atoms with van der Waals surface area (Å²) >= 11 is 4.97. The summed E-state index contributed by atoms with van der Waals surface area (Å²) in [7, 11) is 2.00. The van der Waals surface area contributed by atoms with E-state index in [1.165, 1.54) is 22.0 Å². The average molecular weight is 354 g/mol. The van der Waals surface area contributed by atoms with Gasteiger partial charge < -0.3 is 5.32 Å². The van der Waals surface area contributed by atoms with Crippen LogP contribution in [0.1, 0.15) is 42.9 Å². The largest absolute Gasteiger partial charge is 0.312 e. The molecule has 0 spiro atoms. The molecule has 20 heavy (non-hydrogen) atoms. The Morgan fingerprint density at radius 2 is 1.90 bits per heavy atom. The smallest absolute Gasteiger partial charge is 0.0857 e. The van der Waals surface area contributed by atoms with Gasteiger partial charge in [0.1, 0.15) is 0 Å². The van der Waals surface area contributed by atoms with E-state index in [9.17, 15) is 0 Å². The molecule has 0 fully saturated rings. The van der Waals surface area contributed by atoms with E-state index in [0.29, 0.717) is 0 Å². The van der Waals surface area contributed by atoms with Crippen molar-refractivity contribution in [3.8, 4) is 0 Å². The van der Waals surface area contributed by atoms with Gasteiger partial charge in [0.15, 0.2) is 0 Å². The molecule has 108 valence electrons. The molecule has 0 bridgehead atoms. The van der Waals surface area contributed by atoms with Crippen LogP contribution in [-0.2, 0) is 11.8 Å². The van der Waals surface area contributed by atoms with Gasteiger partial charge in [0, 0.05) is 15.9 Å². The predicted octanol–water partition coefficient (Wildman–Crippen LogP) is 4.10. The molecule has 1 N–H and O–H groups in total. The summed E-state index contributed by atoms with van der Waals surface area (Å²) in [5.74, 6) is 0. The minimum atomic E-state index is 0.0249. The van der Waals surface area contributed by atoms with Crippen molar-refractivity contribution in [1.82, 2.24) is 14.9 Å². The van der Waals surface area contributed by atoms with Gasteiger partial charge in [0.05, 0.1) is 10.6 Å². The molecular formula is C15H20BrN3S. The maximum Gasteiger partial charge on any atom is 0.0857 e. The van der Waals surface area contributed by atoms with Crippen LogP contribution in [0.2, 0.25) is 0 Å². The number of benzene rings is 1. The van der Waals surface area contributed by atoms with Gasteiger partial charge in [-0.1, -0.05) is 53.3 Å². The number of aromatic nitrogens is 2. The lowest BCUT2D eigenvalue weighted by atomic mass is 9.89. The Hall–Kier alpha value is -0.780. The molecule has 0 amide bonds. The van der Waals surface area contributed by atoms with Crippen LogP contribution < -0.4 is 5.32 Å². The van der Waals surface area contributed by atoms with Crippen molar-refractivity contribution >= 4 is 27.5 Å². The third kappa shape index (κ3) is 3.65. The first-order valence-corrected chi connectivity index (χ1v) is 8.23. The first-order chi connectivity index (χ1) is 9.41. The van der Waals surface area contributed by atoms with E-state index in [1.54, 1.807) is 0 Å². The second-order valence-corrected chi connectivity index (χ2v) is 7.61. The Morgan fingerprint density at radius 3 is 2.45 bits per heavy atom. The van der Waals surface area contributed by atoms with Gasteiger partial charge in [-0.05, 0) is 42.7 Å². The van der Waals surface area contributed by atoms with Crippen LogP contribution in [0, 0.1) is 0 Å². The van der Waals surface area contributed by atoms with Crippen LogP contribution in [-0.4, -0.2) is 16.6 Å².